The van der Waals surface area contributed by atoms with E-state index in [1.165, 1.54) is 0 Å². The number of aliphatic carboxylic acids is 1. The van der Waals surface area contributed by atoms with Gasteiger partial charge >= 0.3 is 5.97 Å². The fourth-order valence-electron chi connectivity index (χ4n) is 2.09. The van der Waals surface area contributed by atoms with E-state index in [-0.39, 0.29) is 11.9 Å². The zero-order valence-corrected chi connectivity index (χ0v) is 9.87. The molecule has 0 aliphatic heterocycles. The van der Waals surface area contributed by atoms with Gasteiger partial charge in [0.2, 0.25) is 0 Å². The number of hydrogen-bond donors (Lipinski definition) is 2. The molecule has 0 spiro atoms. The van der Waals surface area contributed by atoms with E-state index in [4.69, 9.17) is 5.11 Å². The number of carboxylic acid groups (broad SMARTS) is 1. The minimum Gasteiger partial charge on any atom is -0.481 e. The van der Waals surface area contributed by atoms with E-state index in [0.29, 0.717) is 18.4 Å². The van der Waals surface area contributed by atoms with Crippen LogP contribution in [0.15, 0.2) is 42.5 Å². The number of nitrogens with one attached hydrogen (secondary N) is 1. The lowest BCUT2D eigenvalue weighted by molar-refractivity contribution is -0.142. The third kappa shape index (κ3) is 2.77. The summed E-state index contributed by atoms with van der Waals surface area (Å²) in [5, 5.41) is 11.9. The van der Waals surface area contributed by atoms with Gasteiger partial charge < -0.3 is 10.4 Å². The highest BCUT2D eigenvalue weighted by molar-refractivity contribution is 5.94. The van der Waals surface area contributed by atoms with Gasteiger partial charge in [-0.15, -0.1) is 0 Å². The summed E-state index contributed by atoms with van der Waals surface area (Å²) < 4.78 is 0. The number of benzene rings is 1. The predicted octanol–water partition coefficient (Wildman–Crippen LogP) is 1.84. The van der Waals surface area contributed by atoms with E-state index in [1.54, 1.807) is 24.3 Å². The van der Waals surface area contributed by atoms with Gasteiger partial charge in [-0.2, -0.15) is 0 Å². The number of carbonyl (C=O) groups excluding carboxylic acids is 1. The molecule has 4 nitrogen and oxygen atoms in total. The highest BCUT2D eigenvalue weighted by Crippen LogP contribution is 2.19. The number of carboxylic acids is 1. The fourth-order valence-corrected chi connectivity index (χ4v) is 2.09. The van der Waals surface area contributed by atoms with Gasteiger partial charge in [-0.3, -0.25) is 9.59 Å². The summed E-state index contributed by atoms with van der Waals surface area (Å²) >= 11 is 0. The molecule has 0 heterocycles. The molecule has 1 aliphatic rings. The molecule has 2 rings (SSSR count). The molecular formula is C14H15NO3. The van der Waals surface area contributed by atoms with Gasteiger partial charge in [-0.25, -0.2) is 0 Å². The van der Waals surface area contributed by atoms with Crippen molar-refractivity contribution in [2.45, 2.75) is 18.9 Å². The summed E-state index contributed by atoms with van der Waals surface area (Å²) in [6.45, 7) is 0. The first-order chi connectivity index (χ1) is 8.68. The van der Waals surface area contributed by atoms with Gasteiger partial charge in [0.1, 0.15) is 0 Å². The Hall–Kier alpha value is -2.10. The van der Waals surface area contributed by atoms with Crippen molar-refractivity contribution in [3.05, 3.63) is 48.0 Å². The van der Waals surface area contributed by atoms with Crippen LogP contribution in [0.1, 0.15) is 23.2 Å². The van der Waals surface area contributed by atoms with Gasteiger partial charge in [-0.1, -0.05) is 30.4 Å². The standard InChI is InChI=1S/C14H15NO3/c16-13(10-6-2-1-3-7-10)15-12-9-5-4-8-11(12)14(17)18/h1-7,11-12H,8-9H2,(H,15,16)(H,17,18)/t11-,12+/m0/s1. The fraction of sp³-hybridized carbons (Fsp3) is 0.286. The van der Waals surface area contributed by atoms with E-state index in [2.05, 4.69) is 5.32 Å². The molecule has 94 valence electrons. The molecule has 18 heavy (non-hydrogen) atoms. The number of carbonyl (C=O) groups is 2. The maximum Gasteiger partial charge on any atom is 0.308 e. The Bertz CT molecular complexity index is 467. The summed E-state index contributed by atoms with van der Waals surface area (Å²) in [7, 11) is 0. The quantitative estimate of drug-likeness (QED) is 0.798. The third-order valence-electron chi connectivity index (χ3n) is 3.10. The van der Waals surface area contributed by atoms with Crippen molar-refractivity contribution >= 4 is 11.9 Å². The molecule has 0 bridgehead atoms. The minimum atomic E-state index is -0.863. The van der Waals surface area contributed by atoms with Gasteiger partial charge in [0.25, 0.3) is 5.91 Å². The SMILES string of the molecule is O=C(N[C@@H]1CC=CC[C@@H]1C(=O)O)c1ccccc1. The van der Waals surface area contributed by atoms with Gasteiger partial charge in [-0.05, 0) is 25.0 Å². The molecule has 0 aromatic heterocycles. The van der Waals surface area contributed by atoms with Gasteiger partial charge in [0.05, 0.1) is 5.92 Å². The largest absolute Gasteiger partial charge is 0.481 e. The zero-order valence-electron chi connectivity index (χ0n) is 9.87. The lowest BCUT2D eigenvalue weighted by Crippen LogP contribution is -2.44. The third-order valence-corrected chi connectivity index (χ3v) is 3.10. The molecular weight excluding hydrogens is 230 g/mol. The molecule has 1 aromatic carbocycles. The molecule has 0 saturated heterocycles. The lowest BCUT2D eigenvalue weighted by Gasteiger charge is -2.26. The monoisotopic (exact) mass is 245 g/mol. The van der Waals surface area contributed by atoms with E-state index in [9.17, 15) is 9.59 Å². The Labute approximate surface area is 105 Å². The van der Waals surface area contributed by atoms with Gasteiger partial charge in [0.15, 0.2) is 0 Å². The van der Waals surface area contributed by atoms with Gasteiger partial charge in [0, 0.05) is 11.6 Å². The predicted molar refractivity (Wildman–Crippen MR) is 67.2 cm³/mol. The Morgan fingerprint density at radius 2 is 1.78 bits per heavy atom. The van der Waals surface area contributed by atoms with Crippen LogP contribution in [-0.2, 0) is 4.79 Å². The molecule has 4 heteroatoms. The van der Waals surface area contributed by atoms with Crippen molar-refractivity contribution in [3.63, 3.8) is 0 Å². The number of amides is 1. The van der Waals surface area contributed by atoms with Crippen LogP contribution in [0.25, 0.3) is 0 Å². The second-order valence-electron chi connectivity index (χ2n) is 4.33. The molecule has 2 atom stereocenters. The topological polar surface area (TPSA) is 66.4 Å². The average molecular weight is 245 g/mol. The maximum absolute atomic E-state index is 12.0. The van der Waals surface area contributed by atoms with E-state index in [1.807, 2.05) is 18.2 Å². The van der Waals surface area contributed by atoms with Crippen LogP contribution in [-0.4, -0.2) is 23.0 Å². The van der Waals surface area contributed by atoms with Crippen LogP contribution in [0.3, 0.4) is 0 Å². The van der Waals surface area contributed by atoms with Crippen LogP contribution in [0, 0.1) is 5.92 Å². The molecule has 1 aromatic rings. The normalized spacial score (nSPS) is 22.4. The Balaban J connectivity index is 2.06. The van der Waals surface area contributed by atoms with Crippen LogP contribution in [0.2, 0.25) is 0 Å². The maximum atomic E-state index is 12.0. The second kappa shape index (κ2) is 5.49. The zero-order chi connectivity index (χ0) is 13.0. The summed E-state index contributed by atoms with van der Waals surface area (Å²) in [6, 6.07) is 8.49. The molecule has 0 radical (unpaired) electrons. The molecule has 1 amide bonds. The van der Waals surface area contributed by atoms with Crippen LogP contribution in [0.4, 0.5) is 0 Å². The van der Waals surface area contributed by atoms with E-state index >= 15 is 0 Å². The smallest absolute Gasteiger partial charge is 0.308 e. The van der Waals surface area contributed by atoms with Crippen molar-refractivity contribution in [2.24, 2.45) is 5.92 Å². The summed E-state index contributed by atoms with van der Waals surface area (Å²) in [5.74, 6) is -1.62. The Kier molecular flexibility index (Phi) is 3.77. The van der Waals surface area contributed by atoms with Crippen LogP contribution in [0.5, 0.6) is 0 Å². The first-order valence-corrected chi connectivity index (χ1v) is 5.92. The first-order valence-electron chi connectivity index (χ1n) is 5.92. The van der Waals surface area contributed by atoms with Crippen molar-refractivity contribution < 1.29 is 14.7 Å². The van der Waals surface area contributed by atoms with E-state index in [0.717, 1.165) is 0 Å². The summed E-state index contributed by atoms with van der Waals surface area (Å²) in [6.07, 6.45) is 4.80. The molecule has 0 saturated carbocycles. The molecule has 2 N–H and O–H groups in total. The van der Waals surface area contributed by atoms with Crippen molar-refractivity contribution in [1.29, 1.82) is 0 Å². The molecule has 1 aliphatic carbocycles. The van der Waals surface area contributed by atoms with Crippen LogP contribution < -0.4 is 5.32 Å². The molecule has 0 fully saturated rings. The first kappa shape index (κ1) is 12.4. The van der Waals surface area contributed by atoms with E-state index < -0.39 is 11.9 Å². The highest BCUT2D eigenvalue weighted by atomic mass is 16.4. The lowest BCUT2D eigenvalue weighted by atomic mass is 9.89. The number of allylic oxidation sites excluding steroid dienone is 1. The summed E-state index contributed by atoms with van der Waals surface area (Å²) in [5.41, 5.74) is 0.552. The number of hydrogen-bond acceptors (Lipinski definition) is 2. The van der Waals surface area contributed by atoms with Crippen molar-refractivity contribution in [2.75, 3.05) is 0 Å². The highest BCUT2D eigenvalue weighted by Gasteiger charge is 2.29. The van der Waals surface area contributed by atoms with Crippen LogP contribution >= 0.6 is 0 Å². The van der Waals surface area contributed by atoms with Crippen molar-refractivity contribution in [1.82, 2.24) is 5.32 Å². The minimum absolute atomic E-state index is 0.220. The second-order valence-corrected chi connectivity index (χ2v) is 4.33. The number of rotatable bonds is 3. The average Bonchev–Trinajstić information content (AvgIpc) is 2.40. The summed E-state index contributed by atoms with van der Waals surface area (Å²) in [4.78, 5) is 23.1. The Morgan fingerprint density at radius 3 is 2.44 bits per heavy atom. The Morgan fingerprint density at radius 1 is 1.11 bits per heavy atom. The van der Waals surface area contributed by atoms with Crippen molar-refractivity contribution in [3.8, 4) is 0 Å². The molecule has 0 unspecified atom stereocenters.